The third-order valence-electron chi connectivity index (χ3n) is 2.52. The van der Waals surface area contributed by atoms with Gasteiger partial charge in [-0.25, -0.2) is 8.42 Å². The number of hydrogen-bond acceptors (Lipinski definition) is 5. The number of sulfone groups is 1. The van der Waals surface area contributed by atoms with E-state index in [-0.39, 0.29) is 29.6 Å². The predicted molar refractivity (Wildman–Crippen MR) is 86.7 cm³/mol. The lowest BCUT2D eigenvalue weighted by molar-refractivity contribution is -0.115. The number of rotatable bonds is 7. The number of nitrogens with one attached hydrogen (secondary N) is 1. The van der Waals surface area contributed by atoms with Gasteiger partial charge in [-0.3, -0.25) is 9.00 Å². The second kappa shape index (κ2) is 7.77. The number of amides is 1. The molecule has 9 heteroatoms. The molecule has 0 spiro atoms. The van der Waals surface area contributed by atoms with Gasteiger partial charge < -0.3 is 11.1 Å². The summed E-state index contributed by atoms with van der Waals surface area (Å²) in [4.78, 5) is 11.7. The van der Waals surface area contributed by atoms with Crippen molar-refractivity contribution in [2.75, 3.05) is 34.6 Å². The third-order valence-corrected chi connectivity index (χ3v) is 5.39. The molecule has 0 aliphatic rings. The maximum absolute atomic E-state index is 11.7. The zero-order valence-corrected chi connectivity index (χ0v) is 13.9. The molecule has 1 amide bonds. The molecule has 1 atom stereocenters. The van der Waals surface area contributed by atoms with Crippen molar-refractivity contribution in [1.29, 1.82) is 0 Å². The largest absolute Gasteiger partial charge is 0.397 e. The van der Waals surface area contributed by atoms with Gasteiger partial charge in [0.2, 0.25) is 5.91 Å². The van der Waals surface area contributed by atoms with E-state index in [4.69, 9.17) is 17.3 Å². The number of carbonyl (C=O) groups excluding carboxylic acids is 1. The Morgan fingerprint density at radius 1 is 1.38 bits per heavy atom. The van der Waals surface area contributed by atoms with Gasteiger partial charge in [-0.05, 0) is 18.2 Å². The summed E-state index contributed by atoms with van der Waals surface area (Å²) < 4.78 is 33.5. The molecule has 0 aliphatic carbocycles. The summed E-state index contributed by atoms with van der Waals surface area (Å²) in [6, 6.07) is 4.70. The lowest BCUT2D eigenvalue weighted by atomic mass is 10.2. The average molecular weight is 353 g/mol. The number of nitrogen functional groups attached to an aromatic ring is 1. The monoisotopic (exact) mass is 352 g/mol. The number of carbonyl (C=O) groups is 1. The maximum Gasteiger partial charge on any atom is 0.225 e. The lowest BCUT2D eigenvalue weighted by Crippen LogP contribution is -2.18. The van der Waals surface area contributed by atoms with Crippen LogP contribution in [0.5, 0.6) is 0 Å². The van der Waals surface area contributed by atoms with Crippen LogP contribution in [0.15, 0.2) is 18.2 Å². The van der Waals surface area contributed by atoms with E-state index < -0.39 is 20.6 Å². The van der Waals surface area contributed by atoms with E-state index >= 15 is 0 Å². The van der Waals surface area contributed by atoms with Gasteiger partial charge in [0.25, 0.3) is 0 Å². The summed E-state index contributed by atoms with van der Waals surface area (Å²) in [5.41, 5.74) is 6.47. The predicted octanol–water partition coefficient (Wildman–Crippen LogP) is 1.04. The van der Waals surface area contributed by atoms with Gasteiger partial charge in [0, 0.05) is 40.7 Å². The van der Waals surface area contributed by atoms with Gasteiger partial charge in [-0.2, -0.15) is 0 Å². The van der Waals surface area contributed by atoms with Crippen LogP contribution in [-0.2, 0) is 25.4 Å². The molecule has 0 fully saturated rings. The maximum atomic E-state index is 11.7. The highest BCUT2D eigenvalue weighted by Crippen LogP contribution is 2.22. The number of halogens is 1. The molecule has 1 rings (SSSR count). The molecule has 0 bridgehead atoms. The molecule has 6 nitrogen and oxygen atoms in total. The number of anilines is 2. The van der Waals surface area contributed by atoms with Crippen LogP contribution in [0.2, 0.25) is 5.02 Å². The van der Waals surface area contributed by atoms with E-state index in [1.54, 1.807) is 12.1 Å². The van der Waals surface area contributed by atoms with Gasteiger partial charge in [0.1, 0.15) is 9.84 Å². The first-order valence-corrected chi connectivity index (χ1v) is 9.97. The van der Waals surface area contributed by atoms with Crippen LogP contribution in [0.25, 0.3) is 0 Å². The van der Waals surface area contributed by atoms with Crippen LogP contribution in [0, 0.1) is 0 Å². The number of benzene rings is 1. The Balaban J connectivity index is 2.40. The molecule has 0 saturated carbocycles. The summed E-state index contributed by atoms with van der Waals surface area (Å²) in [6.45, 7) is 0. The number of hydrogen-bond donors (Lipinski definition) is 2. The standard InChI is InChI=1S/C12H17ClN2O4S2/c1-21(18,19)7-6-20(17)5-4-12(16)15-9-2-3-10(13)11(14)8-9/h2-3,8H,4-7,14H2,1H3,(H,15,16). The van der Waals surface area contributed by atoms with Crippen molar-refractivity contribution in [2.24, 2.45) is 0 Å². The second-order valence-electron chi connectivity index (χ2n) is 4.51. The van der Waals surface area contributed by atoms with Crippen LogP contribution in [-0.4, -0.2) is 42.0 Å². The molecule has 3 N–H and O–H groups in total. The molecule has 0 aromatic heterocycles. The van der Waals surface area contributed by atoms with E-state index in [1.807, 2.05) is 0 Å². The van der Waals surface area contributed by atoms with Crippen LogP contribution in [0.3, 0.4) is 0 Å². The van der Waals surface area contributed by atoms with Crippen molar-refractivity contribution < 1.29 is 17.4 Å². The van der Waals surface area contributed by atoms with Gasteiger partial charge in [0.15, 0.2) is 0 Å². The summed E-state index contributed by atoms with van der Waals surface area (Å²) >= 11 is 5.76. The Morgan fingerprint density at radius 2 is 2.05 bits per heavy atom. The fourth-order valence-electron chi connectivity index (χ4n) is 1.40. The molecule has 1 aromatic carbocycles. The van der Waals surface area contributed by atoms with E-state index in [1.165, 1.54) is 6.07 Å². The van der Waals surface area contributed by atoms with Crippen LogP contribution in [0.1, 0.15) is 6.42 Å². The minimum Gasteiger partial charge on any atom is -0.397 e. The first-order valence-electron chi connectivity index (χ1n) is 6.05. The molecular formula is C12H17ClN2O4S2. The minimum atomic E-state index is -3.14. The topological polar surface area (TPSA) is 106 Å². The van der Waals surface area contributed by atoms with Crippen LogP contribution in [0.4, 0.5) is 11.4 Å². The highest BCUT2D eigenvalue weighted by molar-refractivity contribution is 7.92. The summed E-state index contributed by atoms with van der Waals surface area (Å²) in [5.74, 6) is -0.302. The SMILES string of the molecule is CS(=O)(=O)CCS(=O)CCC(=O)Nc1ccc(Cl)c(N)c1. The molecule has 0 radical (unpaired) electrons. The van der Waals surface area contributed by atoms with Crippen molar-refractivity contribution in [3.63, 3.8) is 0 Å². The van der Waals surface area contributed by atoms with Crippen LogP contribution < -0.4 is 11.1 Å². The van der Waals surface area contributed by atoms with E-state index in [9.17, 15) is 17.4 Å². The van der Waals surface area contributed by atoms with Crippen molar-refractivity contribution in [3.8, 4) is 0 Å². The normalized spacial score (nSPS) is 12.9. The Labute approximate surface area is 131 Å². The molecular weight excluding hydrogens is 336 g/mol. The quantitative estimate of drug-likeness (QED) is 0.713. The van der Waals surface area contributed by atoms with Gasteiger partial charge >= 0.3 is 0 Å². The highest BCUT2D eigenvalue weighted by Gasteiger charge is 2.10. The molecule has 0 aliphatic heterocycles. The fraction of sp³-hybridized carbons (Fsp3) is 0.417. The summed E-state index contributed by atoms with van der Waals surface area (Å²) in [5, 5.41) is 3.01. The van der Waals surface area contributed by atoms with Crippen molar-refractivity contribution >= 4 is 49.5 Å². The molecule has 0 heterocycles. The third kappa shape index (κ3) is 7.45. The van der Waals surface area contributed by atoms with Crippen molar-refractivity contribution in [3.05, 3.63) is 23.2 Å². The fourth-order valence-corrected chi connectivity index (χ4v) is 4.09. The molecule has 0 saturated heterocycles. The zero-order chi connectivity index (χ0) is 16.0. The van der Waals surface area contributed by atoms with Crippen LogP contribution >= 0.6 is 11.6 Å². The van der Waals surface area contributed by atoms with Gasteiger partial charge in [0.05, 0.1) is 16.5 Å². The zero-order valence-electron chi connectivity index (χ0n) is 11.5. The Bertz CT molecular complexity index is 647. The molecule has 1 aromatic rings. The second-order valence-corrected chi connectivity index (χ2v) is 8.88. The minimum absolute atomic E-state index is 0.0406. The molecule has 1 unspecified atom stereocenters. The summed E-state index contributed by atoms with van der Waals surface area (Å²) in [6.07, 6.45) is 1.13. The van der Waals surface area contributed by atoms with Gasteiger partial charge in [-0.15, -0.1) is 0 Å². The Kier molecular flexibility index (Phi) is 6.63. The van der Waals surface area contributed by atoms with E-state index in [2.05, 4.69) is 5.32 Å². The van der Waals surface area contributed by atoms with Crippen molar-refractivity contribution in [2.45, 2.75) is 6.42 Å². The first-order chi connectivity index (χ1) is 9.67. The Morgan fingerprint density at radius 3 is 2.62 bits per heavy atom. The van der Waals surface area contributed by atoms with Gasteiger partial charge in [-0.1, -0.05) is 11.6 Å². The smallest absolute Gasteiger partial charge is 0.225 e. The number of nitrogens with two attached hydrogens (primary N) is 1. The summed E-state index contributed by atoms with van der Waals surface area (Å²) in [7, 11) is -4.47. The first kappa shape index (κ1) is 17.9. The molecule has 118 valence electrons. The van der Waals surface area contributed by atoms with E-state index in [0.717, 1.165) is 6.26 Å². The highest BCUT2D eigenvalue weighted by atomic mass is 35.5. The van der Waals surface area contributed by atoms with Crippen molar-refractivity contribution in [1.82, 2.24) is 0 Å². The average Bonchev–Trinajstić information content (AvgIpc) is 2.37. The molecule has 21 heavy (non-hydrogen) atoms. The lowest BCUT2D eigenvalue weighted by Gasteiger charge is -2.07. The Hall–Kier alpha value is -1.12. The van der Waals surface area contributed by atoms with E-state index in [0.29, 0.717) is 16.4 Å².